The minimum absolute atomic E-state index is 0.0675. The molecule has 1 rings (SSSR count). The van der Waals surface area contributed by atoms with Crippen molar-refractivity contribution in [1.82, 2.24) is 4.98 Å². The van der Waals surface area contributed by atoms with Gasteiger partial charge in [-0.15, -0.1) is 0 Å². The zero-order valence-corrected chi connectivity index (χ0v) is 11.4. The SMILES string of the molecule is CC(C)Oc1ncccc1NS(=O)(=O)CBr. The van der Waals surface area contributed by atoms with Gasteiger partial charge in [0.1, 0.15) is 10.3 Å². The molecular formula is C9H13BrN2O3S. The molecule has 0 radical (unpaired) electrons. The van der Waals surface area contributed by atoms with Gasteiger partial charge >= 0.3 is 0 Å². The van der Waals surface area contributed by atoms with Gasteiger partial charge in [-0.1, -0.05) is 15.9 Å². The lowest BCUT2D eigenvalue weighted by Crippen LogP contribution is -2.16. The lowest BCUT2D eigenvalue weighted by Gasteiger charge is -2.13. The highest BCUT2D eigenvalue weighted by Crippen LogP contribution is 2.23. The summed E-state index contributed by atoms with van der Waals surface area (Å²) < 4.78 is 30.3. The summed E-state index contributed by atoms with van der Waals surface area (Å²) in [6.45, 7) is 3.69. The van der Waals surface area contributed by atoms with Crippen LogP contribution >= 0.6 is 15.9 Å². The number of aromatic nitrogens is 1. The number of halogens is 1. The largest absolute Gasteiger partial charge is 0.473 e. The molecule has 16 heavy (non-hydrogen) atoms. The molecule has 1 N–H and O–H groups in total. The van der Waals surface area contributed by atoms with Crippen molar-refractivity contribution >= 4 is 31.6 Å². The second-order valence-corrected chi connectivity index (χ2v) is 6.37. The predicted octanol–water partition coefficient (Wildman–Crippen LogP) is 1.96. The molecule has 0 unspecified atom stereocenters. The van der Waals surface area contributed by atoms with E-state index in [-0.39, 0.29) is 16.6 Å². The number of hydrogen-bond acceptors (Lipinski definition) is 4. The number of alkyl halides is 1. The van der Waals surface area contributed by atoms with Crippen LogP contribution in [0.3, 0.4) is 0 Å². The highest BCUT2D eigenvalue weighted by Gasteiger charge is 2.13. The van der Waals surface area contributed by atoms with Crippen LogP contribution in [0.25, 0.3) is 0 Å². The molecule has 1 aromatic heterocycles. The number of pyridine rings is 1. The Morgan fingerprint density at radius 3 is 2.81 bits per heavy atom. The predicted molar refractivity (Wildman–Crippen MR) is 66.3 cm³/mol. The fraction of sp³-hybridized carbons (Fsp3) is 0.444. The van der Waals surface area contributed by atoms with Gasteiger partial charge in [-0.25, -0.2) is 13.4 Å². The average Bonchev–Trinajstić information content (AvgIpc) is 2.20. The van der Waals surface area contributed by atoms with Crippen LogP contribution in [-0.2, 0) is 10.0 Å². The standard InChI is InChI=1S/C9H13BrN2O3S/c1-7(2)15-9-8(4-3-5-11-9)12-16(13,14)6-10/h3-5,7,12H,6H2,1-2H3. The van der Waals surface area contributed by atoms with Crippen LogP contribution < -0.4 is 9.46 Å². The molecule has 0 saturated heterocycles. The van der Waals surface area contributed by atoms with E-state index < -0.39 is 10.0 Å². The smallest absolute Gasteiger partial charge is 0.242 e. The van der Waals surface area contributed by atoms with Crippen LogP contribution in [0.15, 0.2) is 18.3 Å². The van der Waals surface area contributed by atoms with E-state index in [4.69, 9.17) is 4.74 Å². The maximum atomic E-state index is 11.4. The van der Waals surface area contributed by atoms with E-state index in [2.05, 4.69) is 25.6 Å². The topological polar surface area (TPSA) is 68.3 Å². The second kappa shape index (κ2) is 5.49. The van der Waals surface area contributed by atoms with Gasteiger partial charge in [-0.2, -0.15) is 0 Å². The normalized spacial score (nSPS) is 11.5. The number of sulfonamides is 1. The zero-order chi connectivity index (χ0) is 12.2. The van der Waals surface area contributed by atoms with Crippen LogP contribution in [0.5, 0.6) is 5.88 Å². The summed E-state index contributed by atoms with van der Waals surface area (Å²) in [5.74, 6) is 0.280. The highest BCUT2D eigenvalue weighted by molar-refractivity contribution is 9.10. The molecule has 0 amide bonds. The van der Waals surface area contributed by atoms with Crippen LogP contribution in [0.1, 0.15) is 13.8 Å². The van der Waals surface area contributed by atoms with E-state index in [0.29, 0.717) is 5.69 Å². The molecule has 0 atom stereocenters. The Labute approximate surface area is 103 Å². The monoisotopic (exact) mass is 308 g/mol. The first-order valence-electron chi connectivity index (χ1n) is 4.63. The van der Waals surface area contributed by atoms with Gasteiger partial charge < -0.3 is 4.74 Å². The summed E-state index contributed by atoms with van der Waals surface area (Å²) in [6, 6.07) is 3.24. The first-order chi connectivity index (χ1) is 7.44. The van der Waals surface area contributed by atoms with Crippen LogP contribution in [0.2, 0.25) is 0 Å². The molecule has 1 aromatic rings. The van der Waals surface area contributed by atoms with Crippen molar-refractivity contribution in [3.8, 4) is 5.88 Å². The molecule has 0 aliphatic carbocycles. The third-order valence-corrected chi connectivity index (χ3v) is 4.15. The summed E-state index contributed by atoms with van der Waals surface area (Å²) in [4.78, 5) is 3.97. The minimum atomic E-state index is -3.38. The maximum Gasteiger partial charge on any atom is 0.242 e. The van der Waals surface area contributed by atoms with Gasteiger partial charge in [-0.3, -0.25) is 4.72 Å². The Hall–Kier alpha value is -0.820. The number of nitrogens with one attached hydrogen (secondary N) is 1. The number of ether oxygens (including phenoxy) is 1. The Morgan fingerprint density at radius 2 is 2.25 bits per heavy atom. The van der Waals surface area contributed by atoms with E-state index in [1.807, 2.05) is 13.8 Å². The molecule has 0 aliphatic heterocycles. The van der Waals surface area contributed by atoms with Crippen molar-refractivity contribution in [2.45, 2.75) is 20.0 Å². The number of anilines is 1. The third-order valence-electron chi connectivity index (χ3n) is 1.53. The highest BCUT2D eigenvalue weighted by atomic mass is 79.9. The minimum Gasteiger partial charge on any atom is -0.473 e. The van der Waals surface area contributed by atoms with Gasteiger partial charge in [0.25, 0.3) is 0 Å². The van der Waals surface area contributed by atoms with Crippen molar-refractivity contribution < 1.29 is 13.2 Å². The number of rotatable bonds is 5. The van der Waals surface area contributed by atoms with Gasteiger partial charge in [0, 0.05) is 6.20 Å². The summed E-state index contributed by atoms with van der Waals surface area (Å²) >= 11 is 2.89. The number of nitrogens with zero attached hydrogens (tertiary/aromatic N) is 1. The lowest BCUT2D eigenvalue weighted by atomic mass is 10.4. The van der Waals surface area contributed by atoms with E-state index >= 15 is 0 Å². The van der Waals surface area contributed by atoms with Crippen molar-refractivity contribution in [3.05, 3.63) is 18.3 Å². The number of hydrogen-bond donors (Lipinski definition) is 1. The van der Waals surface area contributed by atoms with Gasteiger partial charge in [0.05, 0.1) is 6.10 Å². The molecule has 7 heteroatoms. The molecule has 1 heterocycles. The van der Waals surface area contributed by atoms with E-state index in [1.165, 1.54) is 0 Å². The molecule has 0 saturated carbocycles. The molecule has 0 aliphatic rings. The fourth-order valence-electron chi connectivity index (χ4n) is 0.980. The first-order valence-corrected chi connectivity index (χ1v) is 7.40. The van der Waals surface area contributed by atoms with Crippen LogP contribution in [0.4, 0.5) is 5.69 Å². The molecule has 0 spiro atoms. The Balaban J connectivity index is 2.95. The van der Waals surface area contributed by atoms with E-state index in [1.54, 1.807) is 18.3 Å². The van der Waals surface area contributed by atoms with E-state index in [0.717, 1.165) is 0 Å². The lowest BCUT2D eigenvalue weighted by molar-refractivity contribution is 0.234. The molecular weight excluding hydrogens is 296 g/mol. The first kappa shape index (κ1) is 13.2. The molecule has 5 nitrogen and oxygen atoms in total. The van der Waals surface area contributed by atoms with Gasteiger partial charge in [-0.05, 0) is 26.0 Å². The van der Waals surface area contributed by atoms with Crippen molar-refractivity contribution in [3.63, 3.8) is 0 Å². The van der Waals surface area contributed by atoms with Crippen LogP contribution in [-0.4, -0.2) is 24.2 Å². The Morgan fingerprint density at radius 1 is 1.56 bits per heavy atom. The average molecular weight is 309 g/mol. The van der Waals surface area contributed by atoms with E-state index in [9.17, 15) is 8.42 Å². The van der Waals surface area contributed by atoms with Crippen molar-refractivity contribution in [2.24, 2.45) is 0 Å². The molecule has 90 valence electrons. The molecule has 0 aromatic carbocycles. The summed E-state index contributed by atoms with van der Waals surface area (Å²) in [5.41, 5.74) is 0.343. The fourth-order valence-corrected chi connectivity index (χ4v) is 1.87. The maximum absolute atomic E-state index is 11.4. The Bertz CT molecular complexity index is 448. The van der Waals surface area contributed by atoms with Gasteiger partial charge in [0.15, 0.2) is 0 Å². The van der Waals surface area contributed by atoms with Crippen molar-refractivity contribution in [2.75, 3.05) is 9.38 Å². The summed E-state index contributed by atoms with van der Waals surface area (Å²) in [7, 11) is -3.38. The van der Waals surface area contributed by atoms with Crippen molar-refractivity contribution in [1.29, 1.82) is 0 Å². The molecule has 0 bridgehead atoms. The quantitative estimate of drug-likeness (QED) is 0.844. The second-order valence-electron chi connectivity index (χ2n) is 3.35. The zero-order valence-electron chi connectivity index (χ0n) is 8.97. The van der Waals surface area contributed by atoms with Gasteiger partial charge in [0.2, 0.25) is 15.9 Å². The molecule has 0 fully saturated rings. The summed E-state index contributed by atoms with van der Waals surface area (Å²) in [5, 5.41) is 0. The van der Waals surface area contributed by atoms with Crippen LogP contribution in [0, 0.1) is 0 Å². The Kier molecular flexibility index (Phi) is 4.55. The summed E-state index contributed by atoms with van der Waals surface area (Å²) in [6.07, 6.45) is 1.48. The third kappa shape index (κ3) is 3.97.